The average Bonchev–Trinajstić information content (AvgIpc) is 3.00. The number of carbonyl (C=O) groups is 2. The number of hydrogen-bond donors (Lipinski definition) is 3. The summed E-state index contributed by atoms with van der Waals surface area (Å²) in [5.74, 6) is -0.868. The Hall–Kier alpha value is -2.95. The second kappa shape index (κ2) is 9.04. The fourth-order valence-electron chi connectivity index (χ4n) is 3.84. The molecule has 11 heteroatoms. The molecule has 3 aliphatic rings. The Morgan fingerprint density at radius 2 is 2.16 bits per heavy atom. The summed E-state index contributed by atoms with van der Waals surface area (Å²) in [5.41, 5.74) is 5.25. The number of carbonyl (C=O) groups excluding carboxylic acids is 2. The number of hydrogen-bond acceptors (Lipinski definition) is 6. The Balaban J connectivity index is 1.69. The number of aliphatic hydroxyl groups is 1. The van der Waals surface area contributed by atoms with E-state index in [2.05, 4.69) is 10.7 Å². The van der Waals surface area contributed by atoms with Crippen LogP contribution in [0, 0.1) is 5.92 Å². The normalized spacial score (nSPS) is 21.3. The predicted molar refractivity (Wildman–Crippen MR) is 105 cm³/mol. The molecule has 31 heavy (non-hydrogen) atoms. The maximum atomic E-state index is 12.9. The van der Waals surface area contributed by atoms with Gasteiger partial charge in [0.25, 0.3) is 5.91 Å². The first-order chi connectivity index (χ1) is 14.6. The third-order valence-electron chi connectivity index (χ3n) is 5.11. The first kappa shape index (κ1) is 22.7. The molecule has 1 aliphatic carbocycles. The molecule has 0 radical (unpaired) electrons. The van der Waals surface area contributed by atoms with E-state index in [1.165, 1.54) is 12.1 Å². The molecule has 0 fully saturated rings. The van der Waals surface area contributed by atoms with Crippen molar-refractivity contribution in [2.45, 2.75) is 19.5 Å². The van der Waals surface area contributed by atoms with E-state index in [1.807, 2.05) is 0 Å². The molecule has 0 bridgehead atoms. The van der Waals surface area contributed by atoms with Gasteiger partial charge in [0.15, 0.2) is 6.61 Å². The summed E-state index contributed by atoms with van der Waals surface area (Å²) in [4.78, 5) is 26.8. The standard InChI is InChI=1S/C20H25F3N4O4/c1-12-8-13(25-26(2)19(12)31-11-20(21,22)23)9-27-10-16-14(17(29)24-6-7-28)4-3-5-15(16)18(27)30/h3,5,8,14,25,28H,4,6-7,9-11H2,1-2H3,(H,24,29). The van der Waals surface area contributed by atoms with Crippen molar-refractivity contribution in [2.24, 2.45) is 5.92 Å². The van der Waals surface area contributed by atoms with Gasteiger partial charge in [0, 0.05) is 31.3 Å². The number of allylic oxidation sites excluding steroid dienone is 3. The number of hydrazine groups is 1. The smallest absolute Gasteiger partial charge is 0.422 e. The molecule has 3 rings (SSSR count). The molecule has 2 heterocycles. The molecule has 0 spiro atoms. The van der Waals surface area contributed by atoms with Crippen LogP contribution >= 0.6 is 0 Å². The van der Waals surface area contributed by atoms with E-state index < -0.39 is 18.7 Å². The molecule has 0 aromatic carbocycles. The zero-order valence-electron chi connectivity index (χ0n) is 17.3. The van der Waals surface area contributed by atoms with Gasteiger partial charge < -0.3 is 20.1 Å². The first-order valence-corrected chi connectivity index (χ1v) is 9.79. The number of halogens is 3. The van der Waals surface area contributed by atoms with E-state index in [0.29, 0.717) is 23.3 Å². The van der Waals surface area contributed by atoms with Crippen molar-refractivity contribution in [2.75, 3.05) is 39.9 Å². The number of aliphatic hydroxyl groups excluding tert-OH is 1. The molecule has 0 aromatic rings. The highest BCUT2D eigenvalue weighted by molar-refractivity contribution is 6.02. The molecule has 2 aliphatic heterocycles. The van der Waals surface area contributed by atoms with Gasteiger partial charge in [0.2, 0.25) is 11.8 Å². The second-order valence-electron chi connectivity index (χ2n) is 7.54. The lowest BCUT2D eigenvalue weighted by atomic mass is 9.87. The van der Waals surface area contributed by atoms with Gasteiger partial charge >= 0.3 is 6.18 Å². The third-order valence-corrected chi connectivity index (χ3v) is 5.11. The van der Waals surface area contributed by atoms with E-state index >= 15 is 0 Å². The summed E-state index contributed by atoms with van der Waals surface area (Å²) in [6.07, 6.45) is 1.17. The van der Waals surface area contributed by atoms with Crippen LogP contribution in [0.4, 0.5) is 13.2 Å². The topological polar surface area (TPSA) is 94.1 Å². The fourth-order valence-corrected chi connectivity index (χ4v) is 3.84. The Kier molecular flexibility index (Phi) is 6.63. The van der Waals surface area contributed by atoms with Gasteiger partial charge in [-0.1, -0.05) is 12.2 Å². The minimum atomic E-state index is -4.45. The third kappa shape index (κ3) is 5.22. The van der Waals surface area contributed by atoms with Crippen LogP contribution in [-0.4, -0.2) is 72.9 Å². The first-order valence-electron chi connectivity index (χ1n) is 9.79. The van der Waals surface area contributed by atoms with E-state index in [0.717, 1.165) is 5.57 Å². The van der Waals surface area contributed by atoms with Crippen LogP contribution in [0.2, 0.25) is 0 Å². The second-order valence-corrected chi connectivity index (χ2v) is 7.54. The Morgan fingerprint density at radius 3 is 2.81 bits per heavy atom. The summed E-state index contributed by atoms with van der Waals surface area (Å²) in [5, 5.41) is 12.9. The van der Waals surface area contributed by atoms with Gasteiger partial charge in [-0.25, -0.2) is 0 Å². The summed E-state index contributed by atoms with van der Waals surface area (Å²) in [6.45, 7) is 0.676. The minimum Gasteiger partial charge on any atom is -0.468 e. The van der Waals surface area contributed by atoms with Crippen molar-refractivity contribution in [1.29, 1.82) is 0 Å². The Morgan fingerprint density at radius 1 is 1.42 bits per heavy atom. The molecule has 170 valence electrons. The molecule has 2 amide bonds. The number of nitrogens with one attached hydrogen (secondary N) is 2. The maximum Gasteiger partial charge on any atom is 0.422 e. The highest BCUT2D eigenvalue weighted by atomic mass is 19.4. The number of nitrogens with zero attached hydrogens (tertiary/aromatic N) is 2. The quantitative estimate of drug-likeness (QED) is 0.544. The molecule has 1 atom stereocenters. The van der Waals surface area contributed by atoms with Gasteiger partial charge in [0.1, 0.15) is 0 Å². The van der Waals surface area contributed by atoms with Crippen LogP contribution in [0.3, 0.4) is 0 Å². The lowest BCUT2D eigenvalue weighted by molar-refractivity contribution is -0.170. The van der Waals surface area contributed by atoms with Crippen molar-refractivity contribution >= 4 is 11.8 Å². The molecule has 0 saturated carbocycles. The van der Waals surface area contributed by atoms with Crippen LogP contribution in [0.5, 0.6) is 0 Å². The number of amides is 2. The van der Waals surface area contributed by atoms with Gasteiger partial charge in [-0.3, -0.25) is 20.0 Å². The molecule has 0 saturated heterocycles. The van der Waals surface area contributed by atoms with Crippen molar-refractivity contribution in [3.63, 3.8) is 0 Å². The summed E-state index contributed by atoms with van der Waals surface area (Å²) in [7, 11) is 1.53. The number of rotatable bonds is 7. The van der Waals surface area contributed by atoms with Gasteiger partial charge in [0.05, 0.1) is 24.8 Å². The van der Waals surface area contributed by atoms with E-state index in [4.69, 9.17) is 9.84 Å². The zero-order valence-corrected chi connectivity index (χ0v) is 17.3. The summed E-state index contributed by atoms with van der Waals surface area (Å²) >= 11 is 0. The number of alkyl halides is 3. The van der Waals surface area contributed by atoms with Crippen LogP contribution in [0.25, 0.3) is 0 Å². The lowest BCUT2D eigenvalue weighted by Crippen LogP contribution is -2.42. The molecule has 3 N–H and O–H groups in total. The van der Waals surface area contributed by atoms with Crippen molar-refractivity contribution in [3.8, 4) is 0 Å². The number of ether oxygens (including phenoxy) is 1. The van der Waals surface area contributed by atoms with Crippen LogP contribution in [-0.2, 0) is 14.3 Å². The van der Waals surface area contributed by atoms with Crippen molar-refractivity contribution in [1.82, 2.24) is 20.7 Å². The zero-order chi connectivity index (χ0) is 22.8. The van der Waals surface area contributed by atoms with E-state index in [-0.39, 0.29) is 43.9 Å². The summed E-state index contributed by atoms with van der Waals surface area (Å²) in [6, 6.07) is 0. The largest absolute Gasteiger partial charge is 0.468 e. The molecule has 0 aromatic heterocycles. The molecule has 8 nitrogen and oxygen atoms in total. The predicted octanol–water partition coefficient (Wildman–Crippen LogP) is 0.954. The van der Waals surface area contributed by atoms with Crippen molar-refractivity contribution in [3.05, 3.63) is 46.5 Å². The molecular formula is C20H25F3N4O4. The van der Waals surface area contributed by atoms with Crippen molar-refractivity contribution < 1.29 is 32.6 Å². The Bertz CT molecular complexity index is 876. The fraction of sp³-hybridized carbons (Fsp3) is 0.500. The summed E-state index contributed by atoms with van der Waals surface area (Å²) < 4.78 is 42.3. The highest BCUT2D eigenvalue weighted by Gasteiger charge is 2.38. The lowest BCUT2D eigenvalue weighted by Gasteiger charge is -2.32. The van der Waals surface area contributed by atoms with E-state index in [1.54, 1.807) is 30.1 Å². The van der Waals surface area contributed by atoms with Crippen LogP contribution in [0.15, 0.2) is 46.5 Å². The van der Waals surface area contributed by atoms with Gasteiger partial charge in [-0.05, 0) is 25.0 Å². The average molecular weight is 442 g/mol. The monoisotopic (exact) mass is 442 g/mol. The molecular weight excluding hydrogens is 417 g/mol. The SMILES string of the molecule is CC1=C(OCC(F)(F)F)N(C)NC(CN2CC3=C(C=CCC3C(=O)NCCO)C2=O)=C1. The van der Waals surface area contributed by atoms with Gasteiger partial charge in [-0.15, -0.1) is 0 Å². The van der Waals surface area contributed by atoms with Crippen LogP contribution in [0.1, 0.15) is 13.3 Å². The van der Waals surface area contributed by atoms with Crippen LogP contribution < -0.4 is 10.7 Å². The highest BCUT2D eigenvalue weighted by Crippen LogP contribution is 2.33. The maximum absolute atomic E-state index is 12.9. The van der Waals surface area contributed by atoms with E-state index in [9.17, 15) is 22.8 Å². The minimum absolute atomic E-state index is 0.0507. The Labute approximate surface area is 177 Å². The van der Waals surface area contributed by atoms with Gasteiger partial charge in [-0.2, -0.15) is 13.2 Å². The molecule has 1 unspecified atom stereocenters.